The third-order valence-electron chi connectivity index (χ3n) is 6.67. The first-order chi connectivity index (χ1) is 19.3. The van der Waals surface area contributed by atoms with Gasteiger partial charge in [0.1, 0.15) is 23.9 Å². The van der Waals surface area contributed by atoms with Gasteiger partial charge in [-0.25, -0.2) is 4.68 Å². The van der Waals surface area contributed by atoms with Gasteiger partial charge in [0.2, 0.25) is 5.91 Å². The molecule has 0 atom stereocenters. The van der Waals surface area contributed by atoms with Gasteiger partial charge in [-0.1, -0.05) is 61.4 Å². The van der Waals surface area contributed by atoms with Crippen LogP contribution in [0.15, 0.2) is 72.8 Å². The second kappa shape index (κ2) is 13.0. The van der Waals surface area contributed by atoms with E-state index in [0.717, 1.165) is 40.9 Å². The van der Waals surface area contributed by atoms with E-state index < -0.39 is 0 Å². The Morgan fingerprint density at radius 3 is 2.40 bits per heavy atom. The second-order valence-corrected chi connectivity index (χ2v) is 9.68. The zero-order valence-electron chi connectivity index (χ0n) is 23.7. The van der Waals surface area contributed by atoms with E-state index in [-0.39, 0.29) is 18.4 Å². The number of nitrogens with zero attached hydrogens (tertiary/aromatic N) is 3. The summed E-state index contributed by atoms with van der Waals surface area (Å²) in [5.41, 5.74) is 5.08. The minimum Gasteiger partial charge on any atom is -0.497 e. The molecule has 1 N–H and O–H groups in total. The number of methoxy groups -OCH3 is 2. The molecule has 0 unspecified atom stereocenters. The molecule has 0 aliphatic heterocycles. The predicted molar refractivity (Wildman–Crippen MR) is 157 cm³/mol. The third-order valence-corrected chi connectivity index (χ3v) is 6.67. The van der Waals surface area contributed by atoms with Crippen molar-refractivity contribution in [2.24, 2.45) is 0 Å². The van der Waals surface area contributed by atoms with E-state index in [4.69, 9.17) is 14.6 Å². The van der Waals surface area contributed by atoms with Crippen molar-refractivity contribution in [1.82, 2.24) is 14.7 Å². The van der Waals surface area contributed by atoms with Crippen LogP contribution in [0, 0.1) is 13.8 Å². The number of rotatable bonds is 11. The average molecular weight is 541 g/mol. The molecule has 4 rings (SSSR count). The summed E-state index contributed by atoms with van der Waals surface area (Å²) in [5.74, 6) is 0.908. The minimum atomic E-state index is -0.317. The van der Waals surface area contributed by atoms with Crippen LogP contribution in [0.2, 0.25) is 0 Å². The molecule has 0 radical (unpaired) electrons. The largest absolute Gasteiger partial charge is 0.497 e. The number of hydrogen-bond donors (Lipinski definition) is 1. The standard InChI is InChI=1S/C32H36N4O4/c1-6-7-17-35(32(38)26-15-14-25(39-4)19-29(26)40-5)21-31(37)33-30-20-27(24-11-9-8-10-12-24)34-36(30)28-16-13-22(2)18-23(28)3/h8-16,18-20H,6-7,17,21H2,1-5H3,(H,33,37). The Balaban J connectivity index is 1.64. The molecule has 3 aromatic carbocycles. The van der Waals surface area contributed by atoms with Crippen LogP contribution in [-0.2, 0) is 4.79 Å². The van der Waals surface area contributed by atoms with Crippen molar-refractivity contribution in [3.05, 3.63) is 89.5 Å². The number of ether oxygens (including phenoxy) is 2. The van der Waals surface area contributed by atoms with Gasteiger partial charge in [0, 0.05) is 24.2 Å². The van der Waals surface area contributed by atoms with Crippen molar-refractivity contribution in [2.75, 3.05) is 32.6 Å². The van der Waals surface area contributed by atoms with Crippen LogP contribution in [0.25, 0.3) is 16.9 Å². The number of anilines is 1. The van der Waals surface area contributed by atoms with Gasteiger partial charge in [-0.15, -0.1) is 0 Å². The third kappa shape index (κ3) is 6.51. The molecule has 0 saturated carbocycles. The van der Waals surface area contributed by atoms with Crippen LogP contribution in [0.3, 0.4) is 0 Å². The molecular weight excluding hydrogens is 504 g/mol. The predicted octanol–water partition coefficient (Wildman–Crippen LogP) is 6.05. The van der Waals surface area contributed by atoms with Crippen LogP contribution >= 0.6 is 0 Å². The van der Waals surface area contributed by atoms with Crippen molar-refractivity contribution >= 4 is 17.6 Å². The van der Waals surface area contributed by atoms with E-state index >= 15 is 0 Å². The Bertz CT molecular complexity index is 1480. The summed E-state index contributed by atoms with van der Waals surface area (Å²) < 4.78 is 12.5. The lowest BCUT2D eigenvalue weighted by atomic mass is 10.1. The highest BCUT2D eigenvalue weighted by atomic mass is 16.5. The maximum Gasteiger partial charge on any atom is 0.258 e. The van der Waals surface area contributed by atoms with Crippen LogP contribution in [0.4, 0.5) is 5.82 Å². The molecule has 0 bridgehead atoms. The summed E-state index contributed by atoms with van der Waals surface area (Å²) in [4.78, 5) is 28.6. The summed E-state index contributed by atoms with van der Waals surface area (Å²) in [5, 5.41) is 7.86. The maximum atomic E-state index is 13.6. The lowest BCUT2D eigenvalue weighted by Crippen LogP contribution is -2.39. The van der Waals surface area contributed by atoms with Gasteiger partial charge in [0.25, 0.3) is 5.91 Å². The van der Waals surface area contributed by atoms with E-state index in [1.165, 1.54) is 7.11 Å². The molecule has 1 aromatic heterocycles. The molecule has 8 nitrogen and oxygen atoms in total. The number of unbranched alkanes of at least 4 members (excludes halogenated alkanes) is 1. The molecule has 1 heterocycles. The first kappa shape index (κ1) is 28.4. The normalized spacial score (nSPS) is 10.7. The number of nitrogens with one attached hydrogen (secondary N) is 1. The summed E-state index contributed by atoms with van der Waals surface area (Å²) >= 11 is 0. The van der Waals surface area contributed by atoms with Crippen LogP contribution in [0.5, 0.6) is 11.5 Å². The van der Waals surface area contributed by atoms with Crippen LogP contribution < -0.4 is 14.8 Å². The molecule has 0 spiro atoms. The first-order valence-corrected chi connectivity index (χ1v) is 13.4. The zero-order valence-corrected chi connectivity index (χ0v) is 23.7. The summed E-state index contributed by atoms with van der Waals surface area (Å²) in [6.45, 7) is 6.42. The quantitative estimate of drug-likeness (QED) is 0.250. The summed E-state index contributed by atoms with van der Waals surface area (Å²) in [6.07, 6.45) is 1.64. The number of amides is 2. The van der Waals surface area contributed by atoms with Gasteiger partial charge in [0.15, 0.2) is 0 Å². The number of hydrogen-bond acceptors (Lipinski definition) is 5. The topological polar surface area (TPSA) is 85.7 Å². The smallest absolute Gasteiger partial charge is 0.258 e. The van der Waals surface area contributed by atoms with Gasteiger partial charge >= 0.3 is 0 Å². The lowest BCUT2D eigenvalue weighted by molar-refractivity contribution is -0.117. The van der Waals surface area contributed by atoms with E-state index in [1.807, 2.05) is 69.3 Å². The molecule has 0 saturated heterocycles. The monoisotopic (exact) mass is 540 g/mol. The molecule has 0 aliphatic rings. The molecule has 2 amide bonds. The van der Waals surface area contributed by atoms with E-state index in [9.17, 15) is 9.59 Å². The Morgan fingerprint density at radius 2 is 1.73 bits per heavy atom. The number of carbonyl (C=O) groups excluding carboxylic acids is 2. The SMILES string of the molecule is CCCCN(CC(=O)Nc1cc(-c2ccccc2)nn1-c1ccc(C)cc1C)C(=O)c1ccc(OC)cc1OC. The molecule has 40 heavy (non-hydrogen) atoms. The zero-order chi connectivity index (χ0) is 28.6. The van der Waals surface area contributed by atoms with Crippen molar-refractivity contribution in [3.8, 4) is 28.4 Å². The second-order valence-electron chi connectivity index (χ2n) is 9.68. The highest BCUT2D eigenvalue weighted by molar-refractivity contribution is 6.01. The van der Waals surface area contributed by atoms with E-state index in [0.29, 0.717) is 29.4 Å². The van der Waals surface area contributed by atoms with Gasteiger partial charge in [-0.05, 0) is 44.0 Å². The molecule has 4 aromatic rings. The number of aryl methyl sites for hydroxylation is 2. The number of aromatic nitrogens is 2. The fraction of sp³-hybridized carbons (Fsp3) is 0.281. The first-order valence-electron chi connectivity index (χ1n) is 13.4. The maximum absolute atomic E-state index is 13.6. The lowest BCUT2D eigenvalue weighted by Gasteiger charge is -2.23. The molecule has 0 fully saturated rings. The van der Waals surface area contributed by atoms with Crippen LogP contribution in [-0.4, -0.2) is 53.8 Å². The minimum absolute atomic E-state index is 0.118. The Kier molecular flexibility index (Phi) is 9.22. The summed E-state index contributed by atoms with van der Waals surface area (Å²) in [6, 6.07) is 22.8. The number of benzene rings is 3. The van der Waals surface area contributed by atoms with Crippen molar-refractivity contribution in [2.45, 2.75) is 33.6 Å². The highest BCUT2D eigenvalue weighted by Gasteiger charge is 2.23. The Morgan fingerprint density at radius 1 is 0.950 bits per heavy atom. The number of carbonyl (C=O) groups is 2. The van der Waals surface area contributed by atoms with Crippen molar-refractivity contribution in [1.29, 1.82) is 0 Å². The summed E-state index contributed by atoms with van der Waals surface area (Å²) in [7, 11) is 3.06. The highest BCUT2D eigenvalue weighted by Crippen LogP contribution is 2.28. The molecule has 0 aliphatic carbocycles. The van der Waals surface area contributed by atoms with Crippen LogP contribution in [0.1, 0.15) is 41.3 Å². The molecule has 208 valence electrons. The Hall–Kier alpha value is -4.59. The van der Waals surface area contributed by atoms with E-state index in [2.05, 4.69) is 11.4 Å². The van der Waals surface area contributed by atoms with Crippen molar-refractivity contribution in [3.63, 3.8) is 0 Å². The van der Waals surface area contributed by atoms with Gasteiger partial charge in [0.05, 0.1) is 31.2 Å². The van der Waals surface area contributed by atoms with Gasteiger partial charge < -0.3 is 19.7 Å². The van der Waals surface area contributed by atoms with Gasteiger partial charge in [-0.2, -0.15) is 5.10 Å². The molecule has 8 heteroatoms. The average Bonchev–Trinajstić information content (AvgIpc) is 3.38. The van der Waals surface area contributed by atoms with Crippen molar-refractivity contribution < 1.29 is 19.1 Å². The Labute approximate surface area is 235 Å². The fourth-order valence-electron chi connectivity index (χ4n) is 4.55. The molecular formula is C32H36N4O4. The fourth-order valence-corrected chi connectivity index (χ4v) is 4.55. The van der Waals surface area contributed by atoms with E-state index in [1.54, 1.807) is 34.9 Å². The van der Waals surface area contributed by atoms with Gasteiger partial charge in [-0.3, -0.25) is 9.59 Å².